The van der Waals surface area contributed by atoms with Crippen molar-refractivity contribution < 1.29 is 24.9 Å². The third-order valence-electron chi connectivity index (χ3n) is 4.74. The molecule has 0 spiro atoms. The van der Waals surface area contributed by atoms with Gasteiger partial charge in [-0.15, -0.1) is 0 Å². The van der Waals surface area contributed by atoms with Crippen molar-refractivity contribution >= 4 is 5.97 Å². The van der Waals surface area contributed by atoms with Gasteiger partial charge in [0, 0.05) is 26.4 Å². The molecule has 0 heterocycles. The number of hydrogen-bond acceptors (Lipinski definition) is 6. The standard InChI is InChI=1S/C23H45NO5/c1-3-4-5-6-7-8-9-10-11-12-13-14-15-16-17-18-22(26)29-21(19-20-25)24-23(2,27)28/h10-11,21,24-25,27-28H,3-9,12-20H2,1-2H3/b11-10-. The monoisotopic (exact) mass is 415 g/mol. The molecule has 1 unspecified atom stereocenters. The largest absolute Gasteiger partial charge is 0.446 e. The van der Waals surface area contributed by atoms with Crippen molar-refractivity contribution in [1.82, 2.24) is 5.32 Å². The van der Waals surface area contributed by atoms with Crippen LogP contribution in [0, 0.1) is 0 Å². The van der Waals surface area contributed by atoms with E-state index in [0.717, 1.165) is 32.6 Å². The third-order valence-corrected chi connectivity index (χ3v) is 4.74. The Bertz CT molecular complexity index is 407. The smallest absolute Gasteiger partial charge is 0.307 e. The van der Waals surface area contributed by atoms with Gasteiger partial charge in [-0.1, -0.05) is 70.4 Å². The van der Waals surface area contributed by atoms with Gasteiger partial charge in [0.25, 0.3) is 0 Å². The molecule has 29 heavy (non-hydrogen) atoms. The van der Waals surface area contributed by atoms with Gasteiger partial charge in [-0.2, -0.15) is 0 Å². The van der Waals surface area contributed by atoms with E-state index in [1.807, 2.05) is 0 Å². The molecule has 0 bridgehead atoms. The molecule has 0 aliphatic rings. The molecule has 0 aliphatic heterocycles. The van der Waals surface area contributed by atoms with E-state index in [4.69, 9.17) is 9.84 Å². The highest BCUT2D eigenvalue weighted by atomic mass is 16.6. The summed E-state index contributed by atoms with van der Waals surface area (Å²) < 4.78 is 5.15. The number of rotatable bonds is 20. The van der Waals surface area contributed by atoms with Gasteiger partial charge in [0.2, 0.25) is 5.91 Å². The van der Waals surface area contributed by atoms with Crippen LogP contribution in [0.3, 0.4) is 0 Å². The van der Waals surface area contributed by atoms with Crippen molar-refractivity contribution in [3.8, 4) is 0 Å². The van der Waals surface area contributed by atoms with Gasteiger partial charge in [0.15, 0.2) is 6.23 Å². The average Bonchev–Trinajstić information content (AvgIpc) is 2.63. The van der Waals surface area contributed by atoms with E-state index in [2.05, 4.69) is 24.4 Å². The van der Waals surface area contributed by atoms with Crippen LogP contribution in [0.1, 0.15) is 110 Å². The Kier molecular flexibility index (Phi) is 18.4. The first-order valence-electron chi connectivity index (χ1n) is 11.6. The van der Waals surface area contributed by atoms with Gasteiger partial charge in [-0.05, 0) is 32.1 Å². The quantitative estimate of drug-likeness (QED) is 0.101. The highest BCUT2D eigenvalue weighted by Gasteiger charge is 2.23. The zero-order chi connectivity index (χ0) is 21.8. The SMILES string of the molecule is CCCCCCCC/C=C\CCCCCCCC(=O)OC(CCO)NC(C)(O)O. The van der Waals surface area contributed by atoms with Crippen LogP contribution in [0.5, 0.6) is 0 Å². The second kappa shape index (κ2) is 19.0. The molecule has 0 radical (unpaired) electrons. The molecule has 4 N–H and O–H groups in total. The van der Waals surface area contributed by atoms with E-state index < -0.39 is 18.1 Å². The summed E-state index contributed by atoms with van der Waals surface area (Å²) in [6.45, 7) is 3.17. The maximum absolute atomic E-state index is 11.8. The van der Waals surface area contributed by atoms with E-state index in [1.54, 1.807) is 0 Å². The topological polar surface area (TPSA) is 99.0 Å². The number of carbonyl (C=O) groups excluding carboxylic acids is 1. The minimum absolute atomic E-state index is 0.106. The summed E-state index contributed by atoms with van der Waals surface area (Å²) in [5.41, 5.74) is 0. The minimum atomic E-state index is -2.15. The van der Waals surface area contributed by atoms with Crippen molar-refractivity contribution in [1.29, 1.82) is 0 Å². The van der Waals surface area contributed by atoms with Gasteiger partial charge in [-0.3, -0.25) is 4.79 Å². The molecule has 0 saturated carbocycles. The summed E-state index contributed by atoms with van der Waals surface area (Å²) in [6.07, 6.45) is 19.7. The molecule has 1 atom stereocenters. The summed E-state index contributed by atoms with van der Waals surface area (Å²) in [5, 5.41) is 29.9. The second-order valence-corrected chi connectivity index (χ2v) is 7.99. The number of nitrogens with one attached hydrogen (secondary N) is 1. The number of esters is 1. The minimum Gasteiger partial charge on any atom is -0.446 e. The molecule has 0 aromatic rings. The highest BCUT2D eigenvalue weighted by Crippen LogP contribution is 2.11. The number of carbonyl (C=O) groups is 1. The van der Waals surface area contributed by atoms with Crippen molar-refractivity contribution in [3.05, 3.63) is 12.2 Å². The van der Waals surface area contributed by atoms with E-state index in [0.29, 0.717) is 6.42 Å². The van der Waals surface area contributed by atoms with Crippen molar-refractivity contribution in [2.75, 3.05) is 6.61 Å². The predicted octanol–water partition coefficient (Wildman–Crippen LogP) is 4.52. The maximum Gasteiger partial charge on any atom is 0.307 e. The molecule has 0 aromatic heterocycles. The lowest BCUT2D eigenvalue weighted by atomic mass is 10.1. The zero-order valence-electron chi connectivity index (χ0n) is 18.7. The van der Waals surface area contributed by atoms with Gasteiger partial charge in [0.05, 0.1) is 0 Å². The Morgan fingerprint density at radius 2 is 1.45 bits per heavy atom. The van der Waals surface area contributed by atoms with Gasteiger partial charge < -0.3 is 20.1 Å². The first-order chi connectivity index (χ1) is 13.9. The maximum atomic E-state index is 11.8. The number of hydrogen-bond donors (Lipinski definition) is 4. The number of allylic oxidation sites excluding steroid dienone is 2. The molecule has 6 heteroatoms. The summed E-state index contributed by atoms with van der Waals surface area (Å²) >= 11 is 0. The number of aliphatic hydroxyl groups is 3. The Morgan fingerprint density at radius 3 is 1.97 bits per heavy atom. The lowest BCUT2D eigenvalue weighted by molar-refractivity contribution is -0.201. The number of unbranched alkanes of at least 4 members (excludes halogenated alkanes) is 11. The van der Waals surface area contributed by atoms with E-state index >= 15 is 0 Å². The molecule has 0 rings (SSSR count). The zero-order valence-corrected chi connectivity index (χ0v) is 18.7. The van der Waals surface area contributed by atoms with Crippen LogP contribution in [-0.2, 0) is 9.53 Å². The average molecular weight is 416 g/mol. The molecule has 0 amide bonds. The Labute approximate surface area is 177 Å². The normalized spacial score (nSPS) is 13.1. The Morgan fingerprint density at radius 1 is 0.931 bits per heavy atom. The summed E-state index contributed by atoms with van der Waals surface area (Å²) in [7, 11) is 0. The fourth-order valence-corrected chi connectivity index (χ4v) is 3.14. The van der Waals surface area contributed by atoms with Crippen molar-refractivity contribution in [3.63, 3.8) is 0 Å². The molecule has 0 fully saturated rings. The van der Waals surface area contributed by atoms with Crippen LogP contribution in [-0.4, -0.2) is 40.0 Å². The summed E-state index contributed by atoms with van der Waals surface area (Å²) in [6, 6.07) is 0. The lowest BCUT2D eigenvalue weighted by Crippen LogP contribution is -2.50. The summed E-state index contributed by atoms with van der Waals surface area (Å²) in [5.74, 6) is -2.54. The van der Waals surface area contributed by atoms with Crippen LogP contribution in [0.25, 0.3) is 0 Å². The first kappa shape index (κ1) is 28.1. The van der Waals surface area contributed by atoms with Crippen LogP contribution < -0.4 is 5.32 Å². The van der Waals surface area contributed by atoms with Crippen LogP contribution in [0.4, 0.5) is 0 Å². The number of aliphatic hydroxyl groups excluding tert-OH is 1. The fraction of sp³-hybridized carbons (Fsp3) is 0.870. The molecule has 0 saturated heterocycles. The molecule has 6 nitrogen and oxygen atoms in total. The Hall–Kier alpha value is -0.950. The highest BCUT2D eigenvalue weighted by molar-refractivity contribution is 5.69. The Balaban J connectivity index is 3.55. The van der Waals surface area contributed by atoms with Crippen LogP contribution >= 0.6 is 0 Å². The molecule has 172 valence electrons. The van der Waals surface area contributed by atoms with Crippen LogP contribution in [0.15, 0.2) is 12.2 Å². The first-order valence-corrected chi connectivity index (χ1v) is 11.6. The van der Waals surface area contributed by atoms with Gasteiger partial charge >= 0.3 is 5.97 Å². The van der Waals surface area contributed by atoms with Crippen molar-refractivity contribution in [2.24, 2.45) is 0 Å². The van der Waals surface area contributed by atoms with E-state index in [-0.39, 0.29) is 13.0 Å². The van der Waals surface area contributed by atoms with Gasteiger partial charge in [-0.25, -0.2) is 5.32 Å². The van der Waals surface area contributed by atoms with E-state index in [9.17, 15) is 15.0 Å². The molecular weight excluding hydrogens is 370 g/mol. The van der Waals surface area contributed by atoms with Gasteiger partial charge in [0.1, 0.15) is 0 Å². The molecular formula is C23H45NO5. The predicted molar refractivity (Wildman–Crippen MR) is 117 cm³/mol. The van der Waals surface area contributed by atoms with E-state index in [1.165, 1.54) is 57.8 Å². The number of ether oxygens (including phenoxy) is 1. The second-order valence-electron chi connectivity index (χ2n) is 7.99. The van der Waals surface area contributed by atoms with Crippen LogP contribution in [0.2, 0.25) is 0 Å². The lowest BCUT2D eigenvalue weighted by Gasteiger charge is -2.25. The molecule has 0 aliphatic carbocycles. The summed E-state index contributed by atoms with van der Waals surface area (Å²) in [4.78, 5) is 11.8. The van der Waals surface area contributed by atoms with Crippen molar-refractivity contribution in [2.45, 2.75) is 122 Å². The fourth-order valence-electron chi connectivity index (χ4n) is 3.14. The third kappa shape index (κ3) is 21.6. The molecule has 0 aromatic carbocycles.